The fourth-order valence-corrected chi connectivity index (χ4v) is 9.69. The summed E-state index contributed by atoms with van der Waals surface area (Å²) in [6.07, 6.45) is 13.1. The maximum atomic E-state index is 11.7. The largest absolute Gasteiger partial charge is 0.465 e. The van der Waals surface area contributed by atoms with Crippen molar-refractivity contribution in [2.75, 3.05) is 92.1 Å². The standard InChI is InChI=1S/C11H21NO2.C11H20O2.C10H19NO2.2C10H21NO2.2C9H17NO2.C9H19NO2.C7H15NO2.10CH4/c1-8(2)9(3)14-11(13)10-4-6-12-7-5-10;1-9(2)8-13-11(12)10-6-4-3-5-7-10;1-8(2)7-13-10(12)9-3-5-11-6-4-9;1-7(2)5-9(11)10(12)13-6-8(3)4;1-6(2)8(5)13-10(12)9(11)7(3)4;1-7(2)6-12-9(11)8-3-4-10-5-8;1-7(2)6-12-9(11)8-4-3-5-10-8;1-6(2)5-12-9(11)8(10)7(3)4;1-5(2)4-10-7(9)6(3)8;;;;;;;;;;/h8-10,12H,4-7H2,1-3H3;9-10H,3-8H2,1-2H3;8-9,11H,3-7H2,1-2H3;7-9H,5-6,11H2,1-4H3;6-9H,11H2,1-5H3;2*7-8,10H,3-6H2,1-2H3;6-8H,5,10H2,1-4H3;5-6H,4,8H2,1-3H3;10*1H4. The van der Waals surface area contributed by atoms with Crippen LogP contribution < -0.4 is 44.2 Å². The van der Waals surface area contributed by atoms with Crippen LogP contribution in [0.5, 0.6) is 0 Å². The van der Waals surface area contributed by atoms with Gasteiger partial charge in [0, 0.05) is 6.54 Å². The molecule has 0 radical (unpaired) electrons. The molecule has 0 aromatic heterocycles. The summed E-state index contributed by atoms with van der Waals surface area (Å²) in [7, 11) is 0. The summed E-state index contributed by atoms with van der Waals surface area (Å²) in [5, 5.41) is 12.7. The van der Waals surface area contributed by atoms with Gasteiger partial charge in [-0.1, -0.05) is 260 Å². The van der Waals surface area contributed by atoms with Gasteiger partial charge in [-0.3, -0.25) is 43.2 Å². The van der Waals surface area contributed by atoms with Crippen LogP contribution in [0.3, 0.4) is 0 Å². The van der Waals surface area contributed by atoms with Crippen molar-refractivity contribution in [1.82, 2.24) is 21.3 Å². The monoisotopic (exact) mass is 1760 g/mol. The Morgan fingerprint density at radius 1 is 0.279 bits per heavy atom. The van der Waals surface area contributed by atoms with E-state index in [2.05, 4.69) is 62.8 Å². The van der Waals surface area contributed by atoms with E-state index in [0.717, 1.165) is 104 Å². The third-order valence-corrected chi connectivity index (χ3v) is 17.8. The van der Waals surface area contributed by atoms with Gasteiger partial charge in [0.05, 0.1) is 69.9 Å². The Morgan fingerprint density at radius 2 is 0.574 bits per heavy atom. The van der Waals surface area contributed by atoms with Gasteiger partial charge in [0.1, 0.15) is 42.4 Å². The summed E-state index contributed by atoms with van der Waals surface area (Å²) in [6, 6.07) is -1.98. The van der Waals surface area contributed by atoms with Gasteiger partial charge in [-0.15, -0.1) is 0 Å². The Morgan fingerprint density at radius 3 is 0.885 bits per heavy atom. The third-order valence-electron chi connectivity index (χ3n) is 17.8. The molecule has 0 spiro atoms. The number of piperidine rings is 2. The number of ether oxygens (including phenoxy) is 9. The maximum Gasteiger partial charge on any atom is 0.323 e. The summed E-state index contributed by atoms with van der Waals surface area (Å²) in [4.78, 5) is 102. The second-order valence-electron chi connectivity index (χ2n) is 35.2. The highest BCUT2D eigenvalue weighted by molar-refractivity contribution is 5.78. The Bertz CT molecular complexity index is 2310. The number of carbonyl (C=O) groups excluding carboxylic acids is 9. The van der Waals surface area contributed by atoms with E-state index in [-0.39, 0.29) is 182 Å². The molecule has 1 aliphatic carbocycles. The summed E-state index contributed by atoms with van der Waals surface area (Å²) in [5.74, 6) is 3.59. The molecule has 12 N–H and O–H groups in total. The number of carbonyl (C=O) groups is 9. The molecule has 5 rings (SSSR count). The van der Waals surface area contributed by atoms with Gasteiger partial charge in [-0.2, -0.15) is 0 Å². The lowest BCUT2D eigenvalue weighted by molar-refractivity contribution is -0.156. The lowest BCUT2D eigenvalue weighted by Crippen LogP contribution is -2.39. The molecule has 26 nitrogen and oxygen atoms in total. The molecule has 4 heterocycles. The summed E-state index contributed by atoms with van der Waals surface area (Å²) >= 11 is 0. The fraction of sp³-hybridized carbons (Fsp3) is 0.906. The molecule has 26 heteroatoms. The van der Waals surface area contributed by atoms with E-state index >= 15 is 0 Å². The van der Waals surface area contributed by atoms with Crippen LogP contribution in [-0.4, -0.2) is 188 Å². The van der Waals surface area contributed by atoms with E-state index in [1.165, 1.54) is 19.3 Å². The zero-order valence-electron chi connectivity index (χ0n) is 75.5. The minimum absolute atomic E-state index is 0. The summed E-state index contributed by atoms with van der Waals surface area (Å²) in [5.41, 5.74) is 22.1. The number of hydrogen-bond donors (Lipinski definition) is 8. The SMILES string of the molecule is C.C.C.C.C.C.C.C.C.C.CC(C)C(C)OC(=O)C(N)C(C)C.CC(C)C(C)OC(=O)C1CCNCC1.CC(C)COC(=O)C(C)N.CC(C)COC(=O)C(N)C(C)C.CC(C)COC(=O)C(N)CC(C)C.CC(C)COC(=O)C1CCCCC1.CC(C)COC(=O)C1CCCN1.CC(C)COC(=O)C1CCNC1.CC(C)COC(=O)C1CCNCC1. The van der Waals surface area contributed by atoms with Gasteiger partial charge in [-0.05, 0) is 195 Å². The van der Waals surface area contributed by atoms with E-state index < -0.39 is 24.2 Å². The first kappa shape index (κ1) is 148. The smallest absolute Gasteiger partial charge is 0.323 e. The van der Waals surface area contributed by atoms with Crippen LogP contribution in [0.25, 0.3) is 0 Å². The summed E-state index contributed by atoms with van der Waals surface area (Å²) in [6.45, 7) is 63.7. The maximum absolute atomic E-state index is 11.7. The second-order valence-corrected chi connectivity index (χ2v) is 35.2. The highest BCUT2D eigenvalue weighted by Gasteiger charge is 2.29. The van der Waals surface area contributed by atoms with Crippen molar-refractivity contribution in [3.05, 3.63) is 0 Å². The number of esters is 9. The van der Waals surface area contributed by atoms with Gasteiger partial charge in [0.15, 0.2) is 0 Å². The molecule has 5 aliphatic rings. The van der Waals surface area contributed by atoms with Crippen molar-refractivity contribution in [2.24, 2.45) is 118 Å². The topological polar surface area (TPSA) is 389 Å². The van der Waals surface area contributed by atoms with Gasteiger partial charge in [0.2, 0.25) is 0 Å². The van der Waals surface area contributed by atoms with E-state index in [0.29, 0.717) is 112 Å². The quantitative estimate of drug-likeness (QED) is 0.0236. The van der Waals surface area contributed by atoms with Crippen LogP contribution in [0, 0.1) is 94.7 Å². The van der Waals surface area contributed by atoms with Crippen molar-refractivity contribution in [1.29, 1.82) is 0 Å². The normalized spacial score (nSPS) is 16.5. The molecular formula is C96H210N8O18. The average molecular weight is 1760 g/mol. The van der Waals surface area contributed by atoms with Crippen LogP contribution in [0.2, 0.25) is 0 Å². The predicted molar refractivity (Wildman–Crippen MR) is 515 cm³/mol. The third kappa shape index (κ3) is 85.7. The fourth-order valence-electron chi connectivity index (χ4n) is 9.69. The first-order valence-corrected chi connectivity index (χ1v) is 42.6. The molecule has 4 saturated heterocycles. The summed E-state index contributed by atoms with van der Waals surface area (Å²) < 4.78 is 45.9. The molecule has 4 aliphatic heterocycles. The first-order valence-electron chi connectivity index (χ1n) is 42.6. The van der Waals surface area contributed by atoms with Crippen molar-refractivity contribution in [3.63, 3.8) is 0 Å². The molecule has 742 valence electrons. The van der Waals surface area contributed by atoms with Crippen LogP contribution in [0.15, 0.2) is 0 Å². The lowest BCUT2D eigenvalue weighted by Gasteiger charge is -2.24. The molecule has 0 amide bonds. The van der Waals surface area contributed by atoms with Crippen LogP contribution in [0.4, 0.5) is 0 Å². The van der Waals surface area contributed by atoms with Crippen molar-refractivity contribution in [3.8, 4) is 0 Å². The van der Waals surface area contributed by atoms with Crippen molar-refractivity contribution < 1.29 is 85.8 Å². The van der Waals surface area contributed by atoms with E-state index in [9.17, 15) is 43.2 Å². The van der Waals surface area contributed by atoms with Gasteiger partial charge >= 0.3 is 53.7 Å². The molecule has 0 bridgehead atoms. The average Bonchev–Trinajstić information content (AvgIpc) is 1.11. The van der Waals surface area contributed by atoms with Crippen LogP contribution in [0.1, 0.15) is 345 Å². The van der Waals surface area contributed by atoms with E-state index in [4.69, 9.17) is 65.6 Å². The highest BCUT2D eigenvalue weighted by Crippen LogP contribution is 2.25. The molecule has 122 heavy (non-hydrogen) atoms. The zero-order valence-corrected chi connectivity index (χ0v) is 75.5. The first-order chi connectivity index (χ1) is 52.2. The second kappa shape index (κ2) is 89.3. The molecule has 5 fully saturated rings. The number of nitrogens with two attached hydrogens (primary N) is 4. The van der Waals surface area contributed by atoms with Gasteiger partial charge in [-0.25, -0.2) is 0 Å². The van der Waals surface area contributed by atoms with Crippen molar-refractivity contribution in [2.45, 2.75) is 387 Å². The number of rotatable bonds is 31. The Labute approximate surface area is 754 Å². The molecule has 1 saturated carbocycles. The Kier molecular flexibility index (Phi) is 109. The van der Waals surface area contributed by atoms with Crippen LogP contribution in [-0.2, 0) is 85.8 Å². The molecule has 0 aromatic rings. The molecule has 8 unspecified atom stereocenters. The van der Waals surface area contributed by atoms with Crippen LogP contribution >= 0.6 is 0 Å². The number of hydrogen-bond acceptors (Lipinski definition) is 26. The number of nitrogens with one attached hydrogen (secondary N) is 4. The predicted octanol–water partition coefficient (Wildman–Crippen LogP) is 18.4. The minimum Gasteiger partial charge on any atom is -0.465 e. The minimum atomic E-state index is -0.501. The van der Waals surface area contributed by atoms with E-state index in [1.807, 2.05) is 138 Å². The van der Waals surface area contributed by atoms with Gasteiger partial charge in [0.25, 0.3) is 0 Å². The van der Waals surface area contributed by atoms with Gasteiger partial charge < -0.3 is 86.8 Å². The van der Waals surface area contributed by atoms with Crippen molar-refractivity contribution >= 4 is 53.7 Å². The Balaban J connectivity index is -0.0000000888. The Hall–Kier alpha value is -5.09. The molecule has 0 aromatic carbocycles. The molecular weight excluding hydrogens is 1550 g/mol. The lowest BCUT2D eigenvalue weighted by atomic mass is 9.89. The molecule has 8 atom stereocenters. The zero-order chi connectivity index (χ0) is 86.8. The van der Waals surface area contributed by atoms with E-state index in [1.54, 1.807) is 6.92 Å². The highest BCUT2D eigenvalue weighted by atomic mass is 16.6.